The first-order chi connectivity index (χ1) is 20.2. The molecule has 1 fully saturated rings. The number of benzene rings is 2. The van der Waals surface area contributed by atoms with Gasteiger partial charge in [0.05, 0.1) is 35.9 Å². The Morgan fingerprint density at radius 2 is 1.86 bits per heavy atom. The highest BCUT2D eigenvalue weighted by Gasteiger charge is 2.54. The topological polar surface area (TPSA) is 151 Å². The summed E-state index contributed by atoms with van der Waals surface area (Å²) in [4.78, 5) is 32.7. The Morgan fingerprint density at radius 1 is 1.07 bits per heavy atom. The molecule has 1 aliphatic heterocycles. The fourth-order valence-corrected chi connectivity index (χ4v) is 6.29. The van der Waals surface area contributed by atoms with Crippen molar-refractivity contribution < 1.29 is 35.0 Å². The first kappa shape index (κ1) is 29.4. The van der Waals surface area contributed by atoms with E-state index in [0.29, 0.717) is 12.0 Å². The van der Waals surface area contributed by atoms with Crippen LogP contribution in [0.4, 0.5) is 5.69 Å². The summed E-state index contributed by atoms with van der Waals surface area (Å²) in [6, 6.07) is 18.4. The van der Waals surface area contributed by atoms with Crippen molar-refractivity contribution in [2.75, 3.05) is 11.5 Å². The van der Waals surface area contributed by atoms with Crippen molar-refractivity contribution in [3.63, 3.8) is 0 Å². The number of aromatic nitrogens is 1. The molecule has 2 aliphatic rings. The van der Waals surface area contributed by atoms with Crippen molar-refractivity contribution in [2.45, 2.75) is 32.3 Å². The Labute approximate surface area is 244 Å². The summed E-state index contributed by atoms with van der Waals surface area (Å²) in [6.45, 7) is 1.40. The number of carbonyl (C=O) groups is 2. The number of hydrogen-bond donors (Lipinski definition) is 5. The van der Waals surface area contributed by atoms with Gasteiger partial charge in [-0.15, -0.1) is 0 Å². The van der Waals surface area contributed by atoms with E-state index in [1.54, 1.807) is 36.5 Å². The van der Waals surface area contributed by atoms with Crippen LogP contribution in [0.3, 0.4) is 0 Å². The molecule has 1 aromatic heterocycles. The average Bonchev–Trinajstić information content (AvgIpc) is 3.23. The van der Waals surface area contributed by atoms with Crippen LogP contribution in [0.2, 0.25) is 0 Å². The molecule has 0 bridgehead atoms. The molecule has 2 heterocycles. The number of allylic oxidation sites excluding steroid dienone is 2. The van der Waals surface area contributed by atoms with Crippen molar-refractivity contribution >= 4 is 41.7 Å². The third-order valence-corrected chi connectivity index (χ3v) is 8.20. The van der Waals surface area contributed by atoms with Gasteiger partial charge >= 0.3 is 7.12 Å². The Balaban J connectivity index is 1.40. The molecule has 2 amide bonds. The number of imide groups is 1. The Kier molecular flexibility index (Phi) is 8.70. The molecule has 4 atom stereocenters. The van der Waals surface area contributed by atoms with Crippen molar-refractivity contribution in [3.05, 3.63) is 95.3 Å². The van der Waals surface area contributed by atoms with Crippen LogP contribution >= 0.6 is 0 Å². The second kappa shape index (κ2) is 12.4. The number of aromatic hydroxyl groups is 1. The molecule has 0 radical (unpaired) electrons. The number of aliphatic hydroxyl groups is 2. The molecule has 216 valence electrons. The van der Waals surface area contributed by atoms with Crippen LogP contribution < -0.4 is 10.4 Å². The lowest BCUT2D eigenvalue weighted by Gasteiger charge is -2.35. The molecule has 2 aromatic carbocycles. The van der Waals surface area contributed by atoms with Gasteiger partial charge < -0.3 is 25.4 Å². The molecule has 5 N–H and O–H groups in total. The number of rotatable bonds is 9. The molecule has 9 nitrogen and oxygen atoms in total. The van der Waals surface area contributed by atoms with Crippen molar-refractivity contribution in [3.8, 4) is 5.75 Å². The molecule has 10 heteroatoms. The number of nitrogens with zero attached hydrogens (tertiary/aromatic N) is 2. The summed E-state index contributed by atoms with van der Waals surface area (Å²) in [6.07, 6.45) is 3.58. The molecule has 5 rings (SSSR count). The lowest BCUT2D eigenvalue weighted by atomic mass is 9.68. The van der Waals surface area contributed by atoms with Gasteiger partial charge in [-0.25, -0.2) is 0 Å². The highest BCUT2D eigenvalue weighted by Crippen LogP contribution is 2.47. The second-order valence-corrected chi connectivity index (χ2v) is 10.9. The number of pyridine rings is 1. The molecule has 42 heavy (non-hydrogen) atoms. The van der Waals surface area contributed by atoms with E-state index in [4.69, 9.17) is 0 Å². The van der Waals surface area contributed by atoms with Crippen LogP contribution in [0, 0.1) is 17.8 Å². The highest BCUT2D eigenvalue weighted by atomic mass is 16.4. The minimum atomic E-state index is -1.76. The number of aliphatic hydroxyl groups excluding tert-OH is 2. The fourth-order valence-electron chi connectivity index (χ4n) is 6.29. The summed E-state index contributed by atoms with van der Waals surface area (Å²) in [7, 11) is -1.76. The predicted octanol–water partition coefficient (Wildman–Crippen LogP) is 2.28. The van der Waals surface area contributed by atoms with Gasteiger partial charge in [-0.3, -0.25) is 19.5 Å². The van der Waals surface area contributed by atoms with E-state index < -0.39 is 49.4 Å². The summed E-state index contributed by atoms with van der Waals surface area (Å²) in [5.41, 5.74) is 4.07. The number of phenols is 1. The SMILES string of the molecule is CC1=C([C@H](O)CC/C(=C/c2cccc(O)c2)c2ccccn2)[C@H](CO)[C@@H]2C(=O)N(c3cccc(B(O)O)c3)C(=O)[C@@H]2C1. The highest BCUT2D eigenvalue weighted by molar-refractivity contribution is 6.58. The van der Waals surface area contributed by atoms with E-state index in [-0.39, 0.29) is 29.7 Å². The van der Waals surface area contributed by atoms with Gasteiger partial charge in [0.25, 0.3) is 0 Å². The van der Waals surface area contributed by atoms with E-state index in [1.165, 1.54) is 12.1 Å². The van der Waals surface area contributed by atoms with Gasteiger partial charge in [0.15, 0.2) is 0 Å². The average molecular weight is 568 g/mol. The van der Waals surface area contributed by atoms with E-state index >= 15 is 0 Å². The zero-order valence-electron chi connectivity index (χ0n) is 23.2. The van der Waals surface area contributed by atoms with E-state index in [0.717, 1.165) is 27.3 Å². The maximum absolute atomic E-state index is 13.7. The summed E-state index contributed by atoms with van der Waals surface area (Å²) >= 11 is 0. The largest absolute Gasteiger partial charge is 0.508 e. The van der Waals surface area contributed by atoms with Crippen molar-refractivity contribution in [2.24, 2.45) is 17.8 Å². The first-order valence-electron chi connectivity index (χ1n) is 13.9. The standard InChI is InChI=1S/C32H33BN2O7/c1-19-14-25-30(32(40)35(31(25)39)23-8-5-7-22(17-23)33(41)42)26(18-36)29(19)28(38)12-11-21(27-10-2-3-13-34-27)15-20-6-4-9-24(37)16-20/h2-10,13,15-17,25-26,28,30,36-38,41-42H,11-12,14,18H2,1H3/b21-15-/t25-,26+,28-,30-/m1/s1. The van der Waals surface area contributed by atoms with E-state index in [2.05, 4.69) is 4.98 Å². The lowest BCUT2D eigenvalue weighted by Crippen LogP contribution is -2.39. The summed E-state index contributed by atoms with van der Waals surface area (Å²) in [5.74, 6) is -3.05. The number of phenolic OH excluding ortho intramolecular Hbond substituents is 1. The zero-order chi connectivity index (χ0) is 30.0. The van der Waals surface area contributed by atoms with Crippen LogP contribution in [-0.4, -0.2) is 62.0 Å². The van der Waals surface area contributed by atoms with Crippen LogP contribution in [0.25, 0.3) is 11.6 Å². The maximum atomic E-state index is 13.7. The number of hydrogen-bond acceptors (Lipinski definition) is 8. The molecule has 0 saturated carbocycles. The second-order valence-electron chi connectivity index (χ2n) is 10.9. The number of amides is 2. The molecule has 0 spiro atoms. The quantitative estimate of drug-likeness (QED) is 0.150. The van der Waals surface area contributed by atoms with Crippen molar-refractivity contribution in [1.82, 2.24) is 4.98 Å². The van der Waals surface area contributed by atoms with Crippen LogP contribution in [-0.2, 0) is 9.59 Å². The predicted molar refractivity (Wildman–Crippen MR) is 159 cm³/mol. The molecule has 0 unspecified atom stereocenters. The Morgan fingerprint density at radius 3 is 2.55 bits per heavy atom. The summed E-state index contributed by atoms with van der Waals surface area (Å²) < 4.78 is 0. The lowest BCUT2D eigenvalue weighted by molar-refractivity contribution is -0.123. The first-order valence-corrected chi connectivity index (χ1v) is 13.9. The van der Waals surface area contributed by atoms with Gasteiger partial charge in [0.2, 0.25) is 11.8 Å². The van der Waals surface area contributed by atoms with Crippen LogP contribution in [0.5, 0.6) is 5.75 Å². The number of carbonyl (C=O) groups excluding carboxylic acids is 2. The Bertz CT molecular complexity index is 1540. The van der Waals surface area contributed by atoms with E-state index in [9.17, 15) is 35.0 Å². The minimum Gasteiger partial charge on any atom is -0.508 e. The molecule has 3 aromatic rings. The van der Waals surface area contributed by atoms with Crippen molar-refractivity contribution in [1.29, 1.82) is 0 Å². The molecule has 1 saturated heterocycles. The van der Waals surface area contributed by atoms with E-state index in [1.807, 2.05) is 37.3 Å². The molecular weight excluding hydrogens is 535 g/mol. The van der Waals surface area contributed by atoms with Crippen LogP contribution in [0.15, 0.2) is 84.1 Å². The normalized spacial score (nSPS) is 21.5. The van der Waals surface area contributed by atoms with Gasteiger partial charge in [0.1, 0.15) is 5.75 Å². The van der Waals surface area contributed by atoms with Gasteiger partial charge in [0, 0.05) is 12.1 Å². The van der Waals surface area contributed by atoms with Gasteiger partial charge in [-0.1, -0.05) is 35.9 Å². The smallest absolute Gasteiger partial charge is 0.488 e. The van der Waals surface area contributed by atoms with Gasteiger partial charge in [-0.2, -0.15) is 0 Å². The Hall–Kier alpha value is -4.09. The maximum Gasteiger partial charge on any atom is 0.488 e. The number of anilines is 1. The molecular formula is C32H33BN2O7. The zero-order valence-corrected chi connectivity index (χ0v) is 23.2. The third kappa shape index (κ3) is 5.80. The monoisotopic (exact) mass is 568 g/mol. The minimum absolute atomic E-state index is 0.136. The molecule has 1 aliphatic carbocycles. The third-order valence-electron chi connectivity index (χ3n) is 8.20. The van der Waals surface area contributed by atoms with Crippen LogP contribution in [0.1, 0.15) is 37.4 Å². The number of fused-ring (bicyclic) bond motifs is 1. The van der Waals surface area contributed by atoms with Gasteiger partial charge in [-0.05, 0) is 90.8 Å². The fraction of sp³-hybridized carbons (Fsp3) is 0.281. The summed E-state index contributed by atoms with van der Waals surface area (Å²) in [5, 5.41) is 51.1.